The van der Waals surface area contributed by atoms with Gasteiger partial charge in [0.25, 0.3) is 5.19 Å². The molecule has 1 aliphatic heterocycles. The minimum Gasteiger partial charge on any atom is -0.492 e. The zero-order chi connectivity index (χ0) is 15.5. The molecule has 23 heavy (non-hydrogen) atoms. The summed E-state index contributed by atoms with van der Waals surface area (Å²) >= 11 is 1.55. The summed E-state index contributed by atoms with van der Waals surface area (Å²) < 4.78 is 12.7. The van der Waals surface area contributed by atoms with Crippen LogP contribution in [0, 0.1) is 0 Å². The Morgan fingerprint density at radius 1 is 1.00 bits per heavy atom. The van der Waals surface area contributed by atoms with Gasteiger partial charge in [0.15, 0.2) is 0 Å². The van der Waals surface area contributed by atoms with E-state index in [1.165, 1.54) is 19.5 Å². The first-order valence-corrected chi connectivity index (χ1v) is 8.67. The molecule has 2 heterocycles. The molecule has 0 bridgehead atoms. The normalized spacial score (nSPS) is 14.6. The van der Waals surface area contributed by atoms with Crippen molar-refractivity contribution in [3.63, 3.8) is 0 Å². The zero-order valence-corrected chi connectivity index (χ0v) is 13.6. The Balaban J connectivity index is 1.35. The molecule has 4 rings (SSSR count). The fraction of sp³-hybridized carbons (Fsp3) is 0.278. The lowest BCUT2D eigenvalue weighted by Crippen LogP contribution is -2.39. The summed E-state index contributed by atoms with van der Waals surface area (Å²) in [7, 11) is 0. The molecule has 0 saturated carbocycles. The molecule has 0 amide bonds. The Morgan fingerprint density at radius 3 is 2.52 bits per heavy atom. The second-order valence-electron chi connectivity index (χ2n) is 5.56. The first-order valence-electron chi connectivity index (χ1n) is 7.85. The van der Waals surface area contributed by atoms with E-state index in [1.54, 1.807) is 11.3 Å². The molecule has 1 saturated heterocycles. The molecule has 1 aliphatic rings. The lowest BCUT2D eigenvalue weighted by molar-refractivity contribution is 0.147. The molecule has 0 radical (unpaired) electrons. The molecule has 118 valence electrons. The summed E-state index contributed by atoms with van der Waals surface area (Å²) in [5.74, 6) is 1.65. The fourth-order valence-electron chi connectivity index (χ4n) is 2.50. The van der Waals surface area contributed by atoms with E-state index in [2.05, 4.69) is 16.0 Å². The Labute approximate surface area is 139 Å². The van der Waals surface area contributed by atoms with Crippen LogP contribution in [0.25, 0.3) is 10.2 Å². The lowest BCUT2D eigenvalue weighted by atomic mass is 10.2. The van der Waals surface area contributed by atoms with Crippen LogP contribution >= 0.6 is 11.3 Å². The van der Waals surface area contributed by atoms with Gasteiger partial charge in [-0.2, -0.15) is 0 Å². The number of hydrogen-bond donors (Lipinski definition) is 0. The van der Waals surface area contributed by atoms with E-state index in [4.69, 9.17) is 9.47 Å². The lowest BCUT2D eigenvalue weighted by Gasteiger charge is -2.30. The maximum atomic E-state index is 5.83. The van der Waals surface area contributed by atoms with Crippen molar-refractivity contribution in [2.24, 2.45) is 0 Å². The summed E-state index contributed by atoms with van der Waals surface area (Å²) in [4.78, 5) is 6.87. The average Bonchev–Trinajstić information content (AvgIpc) is 2.93. The van der Waals surface area contributed by atoms with E-state index in [0.29, 0.717) is 5.19 Å². The molecule has 5 heteroatoms. The van der Waals surface area contributed by atoms with Crippen LogP contribution in [0.1, 0.15) is 6.42 Å². The summed E-state index contributed by atoms with van der Waals surface area (Å²) in [5, 5.41) is 0.664. The molecular weight excluding hydrogens is 308 g/mol. The summed E-state index contributed by atoms with van der Waals surface area (Å²) in [6.07, 6.45) is 1.32. The van der Waals surface area contributed by atoms with Gasteiger partial charge in [-0.3, -0.25) is 4.90 Å². The highest BCUT2D eigenvalue weighted by Gasteiger charge is 2.12. The molecule has 0 atom stereocenters. The smallest absolute Gasteiger partial charge is 0.279 e. The van der Waals surface area contributed by atoms with Gasteiger partial charge in [-0.1, -0.05) is 23.5 Å². The van der Waals surface area contributed by atoms with E-state index in [1.807, 2.05) is 42.5 Å². The molecule has 4 nitrogen and oxygen atoms in total. The van der Waals surface area contributed by atoms with Crippen LogP contribution in [0.2, 0.25) is 0 Å². The second kappa shape index (κ2) is 6.56. The van der Waals surface area contributed by atoms with Crippen LogP contribution in [0.15, 0.2) is 48.5 Å². The number of likely N-dealkylation sites (tertiary alicyclic amines) is 1. The number of fused-ring (bicyclic) bond motifs is 1. The van der Waals surface area contributed by atoms with Crippen molar-refractivity contribution in [2.75, 3.05) is 26.2 Å². The first kappa shape index (κ1) is 14.5. The van der Waals surface area contributed by atoms with E-state index in [0.717, 1.165) is 34.9 Å². The maximum absolute atomic E-state index is 5.83. The summed E-state index contributed by atoms with van der Waals surface area (Å²) in [5.41, 5.74) is 0.971. The Morgan fingerprint density at radius 2 is 1.78 bits per heavy atom. The highest BCUT2D eigenvalue weighted by molar-refractivity contribution is 7.20. The monoisotopic (exact) mass is 326 g/mol. The van der Waals surface area contributed by atoms with E-state index < -0.39 is 0 Å². The van der Waals surface area contributed by atoms with Crippen LogP contribution in [-0.2, 0) is 0 Å². The number of para-hydroxylation sites is 1. The number of aromatic nitrogens is 1. The molecule has 2 aromatic carbocycles. The highest BCUT2D eigenvalue weighted by atomic mass is 32.1. The molecule has 0 spiro atoms. The van der Waals surface area contributed by atoms with Gasteiger partial charge < -0.3 is 9.47 Å². The predicted octanol–water partition coefficient (Wildman–Crippen LogP) is 4.17. The van der Waals surface area contributed by atoms with Gasteiger partial charge in [0.2, 0.25) is 0 Å². The van der Waals surface area contributed by atoms with E-state index in [-0.39, 0.29) is 0 Å². The topological polar surface area (TPSA) is 34.6 Å². The van der Waals surface area contributed by atoms with Crippen molar-refractivity contribution in [2.45, 2.75) is 6.42 Å². The molecule has 1 aromatic heterocycles. The van der Waals surface area contributed by atoms with E-state index in [9.17, 15) is 0 Å². The van der Waals surface area contributed by atoms with Crippen molar-refractivity contribution in [1.82, 2.24) is 9.88 Å². The van der Waals surface area contributed by atoms with Crippen molar-refractivity contribution >= 4 is 21.6 Å². The molecule has 3 aromatic rings. The fourth-order valence-corrected chi connectivity index (χ4v) is 3.33. The number of thiazole rings is 1. The standard InChI is InChI=1S/C18H18N2O2S/c1-2-5-17-16(4-1)19-18(23-17)22-15-8-6-14(7-9-15)21-13-12-20-10-3-11-20/h1-2,4-9H,3,10-13H2. The molecular formula is C18H18N2O2S. The average molecular weight is 326 g/mol. The first-order chi connectivity index (χ1) is 11.4. The maximum Gasteiger partial charge on any atom is 0.279 e. The number of hydrogen-bond acceptors (Lipinski definition) is 5. The highest BCUT2D eigenvalue weighted by Crippen LogP contribution is 2.31. The third-order valence-corrected chi connectivity index (χ3v) is 4.84. The number of rotatable bonds is 6. The third-order valence-electron chi connectivity index (χ3n) is 3.93. The Bertz CT molecular complexity index is 748. The third kappa shape index (κ3) is 3.46. The summed E-state index contributed by atoms with van der Waals surface area (Å²) in [6.45, 7) is 4.15. The minimum absolute atomic E-state index is 0.664. The van der Waals surface area contributed by atoms with Crippen LogP contribution in [-0.4, -0.2) is 36.1 Å². The van der Waals surface area contributed by atoms with Gasteiger partial charge in [-0.05, 0) is 55.9 Å². The van der Waals surface area contributed by atoms with Crippen LogP contribution in [0.4, 0.5) is 0 Å². The van der Waals surface area contributed by atoms with Crippen LogP contribution < -0.4 is 9.47 Å². The SMILES string of the molecule is c1ccc2sc(Oc3ccc(OCCN4CCC4)cc3)nc2c1. The van der Waals surface area contributed by atoms with Crippen molar-refractivity contribution < 1.29 is 9.47 Å². The van der Waals surface area contributed by atoms with Crippen molar-refractivity contribution in [3.8, 4) is 16.7 Å². The number of ether oxygens (including phenoxy) is 2. The van der Waals surface area contributed by atoms with Gasteiger partial charge in [0.1, 0.15) is 18.1 Å². The molecule has 0 aliphatic carbocycles. The van der Waals surface area contributed by atoms with Gasteiger partial charge in [0, 0.05) is 6.54 Å². The number of benzene rings is 2. The Kier molecular flexibility index (Phi) is 4.13. The molecule has 0 N–H and O–H groups in total. The zero-order valence-electron chi connectivity index (χ0n) is 12.8. The van der Waals surface area contributed by atoms with Crippen molar-refractivity contribution in [3.05, 3.63) is 48.5 Å². The quantitative estimate of drug-likeness (QED) is 0.681. The van der Waals surface area contributed by atoms with E-state index >= 15 is 0 Å². The van der Waals surface area contributed by atoms with Crippen molar-refractivity contribution in [1.29, 1.82) is 0 Å². The Hall–Kier alpha value is -2.11. The predicted molar refractivity (Wildman–Crippen MR) is 92.7 cm³/mol. The summed E-state index contributed by atoms with van der Waals surface area (Å²) in [6, 6.07) is 15.8. The largest absolute Gasteiger partial charge is 0.492 e. The van der Waals surface area contributed by atoms with Gasteiger partial charge >= 0.3 is 0 Å². The van der Waals surface area contributed by atoms with Crippen LogP contribution in [0.3, 0.4) is 0 Å². The molecule has 0 unspecified atom stereocenters. The van der Waals surface area contributed by atoms with Gasteiger partial charge in [-0.25, -0.2) is 4.98 Å². The second-order valence-corrected chi connectivity index (χ2v) is 6.56. The van der Waals surface area contributed by atoms with Gasteiger partial charge in [0.05, 0.1) is 10.2 Å². The van der Waals surface area contributed by atoms with Gasteiger partial charge in [-0.15, -0.1) is 0 Å². The minimum atomic E-state index is 0.664. The number of nitrogens with zero attached hydrogens (tertiary/aromatic N) is 2. The van der Waals surface area contributed by atoms with Crippen LogP contribution in [0.5, 0.6) is 16.7 Å². The molecule has 1 fully saturated rings.